The Labute approximate surface area is 280 Å². The first-order valence-electron chi connectivity index (χ1n) is 17.3. The maximum Gasteiger partial charge on any atom is 0.335 e. The zero-order chi connectivity index (χ0) is 32.8. The molecule has 0 spiro atoms. The summed E-state index contributed by atoms with van der Waals surface area (Å²) in [5.41, 5.74) is 5.99. The van der Waals surface area contributed by atoms with Gasteiger partial charge < -0.3 is 9.84 Å². The van der Waals surface area contributed by atoms with Gasteiger partial charge in [-0.05, 0) is 109 Å². The van der Waals surface area contributed by atoms with Gasteiger partial charge in [0.15, 0.2) is 0 Å². The topological polar surface area (TPSA) is 83.9 Å². The van der Waals surface area contributed by atoms with Crippen molar-refractivity contribution in [2.75, 3.05) is 13.1 Å². The lowest BCUT2D eigenvalue weighted by Crippen LogP contribution is -2.37. The summed E-state index contributed by atoms with van der Waals surface area (Å²) in [6.07, 6.45) is 15.6. The molecule has 0 unspecified atom stereocenters. The highest BCUT2D eigenvalue weighted by atomic mass is 32.2. The van der Waals surface area contributed by atoms with Gasteiger partial charge in [0.05, 0.1) is 10.5 Å². The second kappa shape index (κ2) is 15.0. The Morgan fingerprint density at radius 2 is 1.51 bits per heavy atom. The van der Waals surface area contributed by atoms with Crippen LogP contribution in [0.5, 0.6) is 5.75 Å². The number of rotatable bonds is 12. The van der Waals surface area contributed by atoms with E-state index in [4.69, 9.17) is 4.74 Å². The van der Waals surface area contributed by atoms with Crippen molar-refractivity contribution in [1.82, 2.24) is 4.31 Å². The van der Waals surface area contributed by atoms with E-state index in [1.807, 2.05) is 18.2 Å². The Morgan fingerprint density at radius 1 is 0.830 bits per heavy atom. The molecule has 2 saturated carbocycles. The molecular formula is C40H47NO5S. The molecule has 6 nitrogen and oxygen atoms in total. The molecule has 248 valence electrons. The molecule has 47 heavy (non-hydrogen) atoms. The van der Waals surface area contributed by atoms with Gasteiger partial charge in [0.25, 0.3) is 0 Å². The molecule has 1 N–H and O–H groups in total. The monoisotopic (exact) mass is 653 g/mol. The molecule has 0 radical (unpaired) electrons. The van der Waals surface area contributed by atoms with Crippen LogP contribution in [-0.4, -0.2) is 36.9 Å². The molecule has 0 saturated heterocycles. The molecule has 3 aliphatic rings. The van der Waals surface area contributed by atoms with Crippen molar-refractivity contribution in [3.8, 4) is 5.75 Å². The van der Waals surface area contributed by atoms with Crippen LogP contribution in [0.3, 0.4) is 0 Å². The fraction of sp³-hybridized carbons (Fsp3) is 0.425. The van der Waals surface area contributed by atoms with Gasteiger partial charge in [-0.3, -0.25) is 0 Å². The minimum Gasteiger partial charge on any atom is -0.489 e. The van der Waals surface area contributed by atoms with Crippen molar-refractivity contribution in [2.24, 2.45) is 11.8 Å². The molecule has 0 amide bonds. The molecule has 3 aliphatic carbocycles. The molecule has 0 aromatic heterocycles. The van der Waals surface area contributed by atoms with Gasteiger partial charge >= 0.3 is 5.97 Å². The summed E-state index contributed by atoms with van der Waals surface area (Å²) >= 11 is 0. The number of carboxylic acids is 1. The molecule has 2 fully saturated rings. The van der Waals surface area contributed by atoms with Crippen LogP contribution < -0.4 is 4.74 Å². The standard InChI is InChI=1S/C40H47NO5S/c1-29-7-12-33(13-8-29)34-14-9-31(10-15-34)28-46-38-21-17-35(18-22-38)37-16-11-32(25-37)27-41(26-30-5-3-2-4-6-30)47(44,45)39-23-19-36(20-24-39)40(42)43/h9-11,14-24,29-30,33H,2-8,12-13,25-28H2,1H3,(H,42,43). The molecule has 3 aromatic rings. The first-order chi connectivity index (χ1) is 22.7. The van der Waals surface area contributed by atoms with E-state index in [1.54, 1.807) is 4.31 Å². The molecule has 7 heteroatoms. The van der Waals surface area contributed by atoms with Gasteiger partial charge in [-0.25, -0.2) is 13.2 Å². The summed E-state index contributed by atoms with van der Waals surface area (Å²) in [5.74, 6) is 1.63. The third-order valence-electron chi connectivity index (χ3n) is 10.3. The predicted molar refractivity (Wildman–Crippen MR) is 187 cm³/mol. The molecule has 0 heterocycles. The number of nitrogens with zero attached hydrogens (tertiary/aromatic N) is 1. The number of hydrogen-bond acceptors (Lipinski definition) is 4. The molecule has 6 rings (SSSR count). The van der Waals surface area contributed by atoms with E-state index < -0.39 is 16.0 Å². The minimum atomic E-state index is -3.80. The van der Waals surface area contributed by atoms with Crippen molar-refractivity contribution in [3.05, 3.63) is 113 Å². The van der Waals surface area contributed by atoms with Crippen LogP contribution in [0.4, 0.5) is 0 Å². The number of carboxylic acid groups (broad SMARTS) is 1. The largest absolute Gasteiger partial charge is 0.489 e. The average molecular weight is 654 g/mol. The summed E-state index contributed by atoms with van der Waals surface area (Å²) in [6.45, 7) is 3.68. The quantitative estimate of drug-likeness (QED) is 0.211. The number of hydrogen-bond donors (Lipinski definition) is 1. The van der Waals surface area contributed by atoms with Gasteiger partial charge in [0.1, 0.15) is 12.4 Å². The number of benzene rings is 3. The molecular weight excluding hydrogens is 607 g/mol. The van der Waals surface area contributed by atoms with Crippen molar-refractivity contribution < 1.29 is 23.1 Å². The first-order valence-corrected chi connectivity index (χ1v) is 18.7. The van der Waals surface area contributed by atoms with Crippen molar-refractivity contribution in [1.29, 1.82) is 0 Å². The fourth-order valence-electron chi connectivity index (χ4n) is 7.35. The summed E-state index contributed by atoms with van der Waals surface area (Å²) in [5, 5.41) is 9.27. The van der Waals surface area contributed by atoms with Crippen molar-refractivity contribution in [2.45, 2.75) is 88.6 Å². The van der Waals surface area contributed by atoms with E-state index in [2.05, 4.69) is 49.4 Å². The van der Waals surface area contributed by atoms with Gasteiger partial charge in [0.2, 0.25) is 10.0 Å². The van der Waals surface area contributed by atoms with E-state index in [-0.39, 0.29) is 10.5 Å². The zero-order valence-corrected chi connectivity index (χ0v) is 28.3. The number of carbonyl (C=O) groups is 1. The summed E-state index contributed by atoms with van der Waals surface area (Å²) in [6, 6.07) is 22.7. The van der Waals surface area contributed by atoms with Crippen LogP contribution >= 0.6 is 0 Å². The average Bonchev–Trinajstić information content (AvgIpc) is 3.57. The highest BCUT2D eigenvalue weighted by molar-refractivity contribution is 7.89. The predicted octanol–water partition coefficient (Wildman–Crippen LogP) is 9.24. The molecule has 3 aromatic carbocycles. The zero-order valence-electron chi connectivity index (χ0n) is 27.4. The summed E-state index contributed by atoms with van der Waals surface area (Å²) in [4.78, 5) is 11.5. The molecule has 0 atom stereocenters. The van der Waals surface area contributed by atoms with Crippen LogP contribution in [-0.2, 0) is 16.6 Å². The Kier molecular flexibility index (Phi) is 10.6. The minimum absolute atomic E-state index is 0.0739. The third-order valence-corrected chi connectivity index (χ3v) is 12.2. The Bertz CT molecular complexity index is 1680. The Morgan fingerprint density at radius 3 is 2.17 bits per heavy atom. The van der Waals surface area contributed by atoms with E-state index in [1.165, 1.54) is 67.5 Å². The number of aromatic carboxylic acids is 1. The van der Waals surface area contributed by atoms with E-state index in [0.29, 0.717) is 38.0 Å². The normalized spacial score (nSPS) is 20.6. The van der Waals surface area contributed by atoms with E-state index >= 15 is 0 Å². The lowest BCUT2D eigenvalue weighted by molar-refractivity contribution is 0.0696. The number of sulfonamides is 1. The lowest BCUT2D eigenvalue weighted by atomic mass is 9.79. The van der Waals surface area contributed by atoms with Gasteiger partial charge in [-0.2, -0.15) is 4.31 Å². The van der Waals surface area contributed by atoms with Gasteiger partial charge in [-0.1, -0.05) is 93.2 Å². The highest BCUT2D eigenvalue weighted by Crippen LogP contribution is 2.36. The number of ether oxygens (including phenoxy) is 1. The maximum atomic E-state index is 13.8. The van der Waals surface area contributed by atoms with Gasteiger partial charge in [0, 0.05) is 13.1 Å². The van der Waals surface area contributed by atoms with E-state index in [0.717, 1.165) is 54.1 Å². The second-order valence-electron chi connectivity index (χ2n) is 13.8. The highest BCUT2D eigenvalue weighted by Gasteiger charge is 2.30. The number of allylic oxidation sites excluding steroid dienone is 3. The fourth-order valence-corrected chi connectivity index (χ4v) is 8.87. The van der Waals surface area contributed by atoms with Gasteiger partial charge in [-0.15, -0.1) is 0 Å². The summed E-state index contributed by atoms with van der Waals surface area (Å²) in [7, 11) is -3.80. The first kappa shape index (κ1) is 33.2. The maximum absolute atomic E-state index is 13.8. The lowest BCUT2D eigenvalue weighted by Gasteiger charge is -2.29. The van der Waals surface area contributed by atoms with Crippen LogP contribution in [0.25, 0.3) is 5.57 Å². The van der Waals surface area contributed by atoms with Crippen molar-refractivity contribution in [3.63, 3.8) is 0 Å². The second-order valence-corrected chi connectivity index (χ2v) is 15.8. The van der Waals surface area contributed by atoms with Crippen LogP contribution in [0, 0.1) is 11.8 Å². The Hall–Kier alpha value is -3.68. The molecule has 0 aliphatic heterocycles. The molecule has 0 bridgehead atoms. The summed E-state index contributed by atoms with van der Waals surface area (Å²) < 4.78 is 35.4. The van der Waals surface area contributed by atoms with Crippen LogP contribution in [0.15, 0.2) is 95.4 Å². The third kappa shape index (κ3) is 8.43. The van der Waals surface area contributed by atoms with Crippen LogP contribution in [0.2, 0.25) is 0 Å². The SMILES string of the molecule is CC1CCC(c2ccc(COc3ccc(C4=CC=C(CN(CC5CCCCC5)S(=O)(=O)c5ccc(C(=O)O)cc5)C4)cc3)cc2)CC1. The van der Waals surface area contributed by atoms with Crippen LogP contribution in [0.1, 0.15) is 104 Å². The van der Waals surface area contributed by atoms with Crippen molar-refractivity contribution >= 4 is 21.6 Å². The smallest absolute Gasteiger partial charge is 0.335 e. The van der Waals surface area contributed by atoms with E-state index in [9.17, 15) is 18.3 Å². The Balaban J connectivity index is 1.05.